The van der Waals surface area contributed by atoms with E-state index in [4.69, 9.17) is 23.4 Å². The van der Waals surface area contributed by atoms with E-state index in [0.717, 1.165) is 33.4 Å². The molecule has 1 aliphatic heterocycles. The lowest BCUT2D eigenvalue weighted by atomic mass is 9.97. The first-order valence-electron chi connectivity index (χ1n) is 11.8. The summed E-state index contributed by atoms with van der Waals surface area (Å²) in [4.78, 5) is 15.2. The zero-order valence-corrected chi connectivity index (χ0v) is 20.9. The third kappa shape index (κ3) is 4.38. The number of hydrogen-bond donors (Lipinski definition) is 0. The predicted molar refractivity (Wildman–Crippen MR) is 137 cm³/mol. The van der Waals surface area contributed by atoms with Crippen molar-refractivity contribution < 1.29 is 23.4 Å². The molecule has 36 heavy (non-hydrogen) atoms. The fourth-order valence-electron chi connectivity index (χ4n) is 4.80. The van der Waals surface area contributed by atoms with Gasteiger partial charge in [0.15, 0.2) is 11.5 Å². The van der Waals surface area contributed by atoms with Crippen LogP contribution in [0.1, 0.15) is 27.8 Å². The van der Waals surface area contributed by atoms with E-state index in [-0.39, 0.29) is 5.63 Å². The Morgan fingerprint density at radius 1 is 0.917 bits per heavy atom. The molecule has 5 rings (SSSR count). The average Bonchev–Trinajstić information content (AvgIpc) is 2.91. The SMILES string of the molecule is COc1cc(CN2COc3ccc4c(C)c(Cc5ccccc5)c(=O)oc4c3C2)cc(OC)c1OC. The Bertz CT molecular complexity index is 1440. The molecule has 0 spiro atoms. The third-order valence-electron chi connectivity index (χ3n) is 6.65. The maximum absolute atomic E-state index is 13.1. The Labute approximate surface area is 209 Å². The molecule has 0 bridgehead atoms. The molecule has 0 radical (unpaired) electrons. The second-order valence-electron chi connectivity index (χ2n) is 8.87. The fraction of sp³-hybridized carbons (Fsp3) is 0.276. The Kier molecular flexibility index (Phi) is 6.57. The summed E-state index contributed by atoms with van der Waals surface area (Å²) in [5, 5.41) is 0.928. The van der Waals surface area contributed by atoms with Crippen molar-refractivity contribution >= 4 is 11.0 Å². The molecular weight excluding hydrogens is 458 g/mol. The Hall–Kier alpha value is -3.97. The number of aryl methyl sites for hydroxylation is 1. The summed E-state index contributed by atoms with van der Waals surface area (Å²) in [6, 6.07) is 17.8. The lowest BCUT2D eigenvalue weighted by Gasteiger charge is -2.29. The monoisotopic (exact) mass is 487 g/mol. The highest BCUT2D eigenvalue weighted by atomic mass is 16.5. The maximum Gasteiger partial charge on any atom is 0.340 e. The average molecular weight is 488 g/mol. The second kappa shape index (κ2) is 9.95. The number of ether oxygens (including phenoxy) is 4. The van der Waals surface area contributed by atoms with Crippen molar-refractivity contribution in [1.82, 2.24) is 4.90 Å². The van der Waals surface area contributed by atoms with Crippen LogP contribution in [0.5, 0.6) is 23.0 Å². The Morgan fingerprint density at radius 2 is 1.64 bits per heavy atom. The van der Waals surface area contributed by atoms with Crippen LogP contribution >= 0.6 is 0 Å². The Balaban J connectivity index is 1.47. The van der Waals surface area contributed by atoms with Crippen molar-refractivity contribution in [3.05, 3.63) is 92.8 Å². The molecule has 0 fully saturated rings. The minimum absolute atomic E-state index is 0.306. The van der Waals surface area contributed by atoms with E-state index in [1.165, 1.54) is 0 Å². The van der Waals surface area contributed by atoms with E-state index in [2.05, 4.69) is 4.90 Å². The molecule has 0 amide bonds. The standard InChI is InChI=1S/C29H29NO6/c1-18-21-10-11-24-23(27(21)36-29(31)22(18)12-19-8-6-5-7-9-19)16-30(17-35-24)15-20-13-25(32-2)28(34-4)26(14-20)33-3/h5-11,13-14H,12,15-17H2,1-4H3. The van der Waals surface area contributed by atoms with Crippen molar-refractivity contribution in [2.75, 3.05) is 28.1 Å². The van der Waals surface area contributed by atoms with Gasteiger partial charge in [0.2, 0.25) is 5.75 Å². The van der Waals surface area contributed by atoms with Crippen LogP contribution in [-0.2, 0) is 19.5 Å². The summed E-state index contributed by atoms with van der Waals surface area (Å²) in [5.74, 6) is 2.49. The molecule has 0 aliphatic carbocycles. The van der Waals surface area contributed by atoms with Gasteiger partial charge in [-0.05, 0) is 47.9 Å². The molecule has 7 nitrogen and oxygen atoms in total. The predicted octanol–water partition coefficient (Wildman–Crippen LogP) is 5.07. The molecule has 0 saturated heterocycles. The van der Waals surface area contributed by atoms with Crippen LogP contribution in [0, 0.1) is 6.92 Å². The molecule has 4 aromatic rings. The van der Waals surface area contributed by atoms with Crippen molar-refractivity contribution in [3.63, 3.8) is 0 Å². The van der Waals surface area contributed by atoms with Crippen molar-refractivity contribution in [2.45, 2.75) is 26.4 Å². The van der Waals surface area contributed by atoms with Gasteiger partial charge in [0.1, 0.15) is 18.1 Å². The van der Waals surface area contributed by atoms with Gasteiger partial charge in [0.25, 0.3) is 0 Å². The molecule has 2 heterocycles. The van der Waals surface area contributed by atoms with Crippen molar-refractivity contribution in [1.29, 1.82) is 0 Å². The highest BCUT2D eigenvalue weighted by Crippen LogP contribution is 2.39. The summed E-state index contributed by atoms with van der Waals surface area (Å²) in [6.07, 6.45) is 0.534. The zero-order valence-electron chi connectivity index (χ0n) is 20.9. The third-order valence-corrected chi connectivity index (χ3v) is 6.65. The van der Waals surface area contributed by atoms with E-state index in [0.29, 0.717) is 54.6 Å². The van der Waals surface area contributed by atoms with Gasteiger partial charge >= 0.3 is 5.63 Å². The summed E-state index contributed by atoms with van der Waals surface area (Å²) < 4.78 is 28.4. The molecule has 7 heteroatoms. The molecule has 186 valence electrons. The van der Waals surface area contributed by atoms with Gasteiger partial charge < -0.3 is 23.4 Å². The van der Waals surface area contributed by atoms with Gasteiger partial charge in [0.05, 0.1) is 26.9 Å². The topological polar surface area (TPSA) is 70.4 Å². The molecule has 0 unspecified atom stereocenters. The Morgan fingerprint density at radius 3 is 2.31 bits per heavy atom. The molecule has 1 aromatic heterocycles. The van der Waals surface area contributed by atoms with Crippen LogP contribution in [0.4, 0.5) is 0 Å². The summed E-state index contributed by atoms with van der Waals surface area (Å²) >= 11 is 0. The number of fused-ring (bicyclic) bond motifs is 3. The van der Waals surface area contributed by atoms with Gasteiger partial charge in [-0.15, -0.1) is 0 Å². The fourth-order valence-corrected chi connectivity index (χ4v) is 4.80. The maximum atomic E-state index is 13.1. The van der Waals surface area contributed by atoms with E-state index >= 15 is 0 Å². The summed E-state index contributed by atoms with van der Waals surface area (Å²) in [7, 11) is 4.79. The van der Waals surface area contributed by atoms with Gasteiger partial charge in [-0.1, -0.05) is 30.3 Å². The molecule has 3 aromatic carbocycles. The zero-order chi connectivity index (χ0) is 25.2. The molecule has 0 saturated carbocycles. The van der Waals surface area contributed by atoms with Crippen LogP contribution < -0.4 is 24.6 Å². The van der Waals surface area contributed by atoms with Gasteiger partial charge in [-0.2, -0.15) is 0 Å². The van der Waals surface area contributed by atoms with E-state index < -0.39 is 0 Å². The molecule has 0 N–H and O–H groups in total. The van der Waals surface area contributed by atoms with Crippen LogP contribution in [0.25, 0.3) is 11.0 Å². The van der Waals surface area contributed by atoms with Gasteiger partial charge in [-0.3, -0.25) is 4.90 Å². The van der Waals surface area contributed by atoms with Crippen molar-refractivity contribution in [3.8, 4) is 23.0 Å². The first-order chi connectivity index (χ1) is 17.5. The number of nitrogens with zero attached hydrogens (tertiary/aromatic N) is 1. The van der Waals surface area contributed by atoms with Crippen LogP contribution in [0.2, 0.25) is 0 Å². The highest BCUT2D eigenvalue weighted by molar-refractivity contribution is 5.86. The number of methoxy groups -OCH3 is 3. The van der Waals surface area contributed by atoms with Gasteiger partial charge in [-0.25, -0.2) is 4.79 Å². The first kappa shape index (κ1) is 23.8. The highest BCUT2D eigenvalue weighted by Gasteiger charge is 2.24. The smallest absolute Gasteiger partial charge is 0.340 e. The summed E-state index contributed by atoms with van der Waals surface area (Å²) in [5.41, 5.74) is 4.83. The molecule has 0 atom stereocenters. The number of benzene rings is 3. The minimum Gasteiger partial charge on any atom is -0.493 e. The van der Waals surface area contributed by atoms with Crippen molar-refractivity contribution in [2.24, 2.45) is 0 Å². The van der Waals surface area contributed by atoms with E-state index in [1.807, 2.05) is 61.5 Å². The quantitative estimate of drug-likeness (QED) is 0.337. The van der Waals surface area contributed by atoms with Crippen LogP contribution in [0.15, 0.2) is 63.8 Å². The molecular formula is C29H29NO6. The molecule has 1 aliphatic rings. The lowest BCUT2D eigenvalue weighted by molar-refractivity contribution is 0.0888. The van der Waals surface area contributed by atoms with Crippen LogP contribution in [0.3, 0.4) is 0 Å². The van der Waals surface area contributed by atoms with Gasteiger partial charge in [0, 0.05) is 30.5 Å². The summed E-state index contributed by atoms with van der Waals surface area (Å²) in [6.45, 7) is 3.55. The lowest BCUT2D eigenvalue weighted by Crippen LogP contribution is -2.31. The normalized spacial score (nSPS) is 13.2. The second-order valence-corrected chi connectivity index (χ2v) is 8.87. The van der Waals surface area contributed by atoms with Crippen LogP contribution in [-0.4, -0.2) is 33.0 Å². The minimum atomic E-state index is -0.306. The first-order valence-corrected chi connectivity index (χ1v) is 11.8. The largest absolute Gasteiger partial charge is 0.493 e. The van der Waals surface area contributed by atoms with E-state index in [1.54, 1.807) is 21.3 Å². The number of rotatable bonds is 7. The van der Waals surface area contributed by atoms with E-state index in [9.17, 15) is 4.79 Å². The number of hydrogen-bond acceptors (Lipinski definition) is 7.